The molecule has 1 fully saturated rings. The number of nitrogens with zero attached hydrogens (tertiary/aromatic N) is 2. The summed E-state index contributed by atoms with van der Waals surface area (Å²) < 4.78 is 42.6. The van der Waals surface area contributed by atoms with Crippen LogP contribution >= 0.6 is 0 Å². The molecular weight excluding hydrogens is 409 g/mol. The molecule has 2 heterocycles. The molecule has 0 radical (unpaired) electrons. The second kappa shape index (κ2) is 7.71. The number of sulfonamides is 1. The molecule has 1 unspecified atom stereocenters. The summed E-state index contributed by atoms with van der Waals surface area (Å²) in [5.41, 5.74) is 0.320. The molecule has 1 N–H and O–H groups in total. The average Bonchev–Trinajstić information content (AvgIpc) is 3.22. The van der Waals surface area contributed by atoms with Gasteiger partial charge in [0.15, 0.2) is 0 Å². The van der Waals surface area contributed by atoms with Gasteiger partial charge in [-0.1, -0.05) is 12.1 Å². The molecular formula is C21H22FN3O4S. The number of halogens is 1. The highest BCUT2D eigenvalue weighted by molar-refractivity contribution is 7.92. The minimum Gasteiger partial charge on any atom is -0.348 e. The zero-order valence-corrected chi connectivity index (χ0v) is 17.3. The lowest BCUT2D eigenvalue weighted by molar-refractivity contribution is 0.0787. The summed E-state index contributed by atoms with van der Waals surface area (Å²) in [5.74, 6) is -1.68. The van der Waals surface area contributed by atoms with Crippen molar-refractivity contribution >= 4 is 27.5 Å². The van der Waals surface area contributed by atoms with Gasteiger partial charge in [0.05, 0.1) is 28.3 Å². The van der Waals surface area contributed by atoms with E-state index in [1.807, 2.05) is 0 Å². The second-order valence-electron chi connectivity index (χ2n) is 7.57. The molecule has 2 aliphatic rings. The highest BCUT2D eigenvalue weighted by atomic mass is 32.2. The number of amides is 2. The van der Waals surface area contributed by atoms with Gasteiger partial charge < -0.3 is 10.2 Å². The van der Waals surface area contributed by atoms with Gasteiger partial charge in [0, 0.05) is 19.1 Å². The van der Waals surface area contributed by atoms with Gasteiger partial charge in [-0.2, -0.15) is 0 Å². The molecule has 1 atom stereocenters. The van der Waals surface area contributed by atoms with Crippen LogP contribution in [-0.2, 0) is 10.0 Å². The van der Waals surface area contributed by atoms with E-state index in [-0.39, 0.29) is 34.2 Å². The molecule has 2 aliphatic heterocycles. The molecule has 158 valence electrons. The molecule has 2 aromatic carbocycles. The molecule has 0 aromatic heterocycles. The minimum atomic E-state index is -4.16. The maximum Gasteiger partial charge on any atom is 0.264 e. The zero-order chi connectivity index (χ0) is 21.5. The van der Waals surface area contributed by atoms with E-state index in [0.717, 1.165) is 23.2 Å². The average molecular weight is 431 g/mol. The van der Waals surface area contributed by atoms with Crippen LogP contribution in [0.4, 0.5) is 10.1 Å². The monoisotopic (exact) mass is 431 g/mol. The van der Waals surface area contributed by atoms with Gasteiger partial charge in [-0.25, -0.2) is 12.8 Å². The number of benzene rings is 2. The standard InChI is InChI=1S/C21H22FN3O4S/c1-14-13-25(19-7-3-2-6-17(19)20(26)23-14)30(28,29)15-8-9-16(18(22)12-15)21(27)24-10-4-5-11-24/h2-3,6-9,12,14H,4-5,10-11,13H2,1H3,(H,23,26). The molecule has 0 bridgehead atoms. The van der Waals surface area contributed by atoms with Gasteiger partial charge in [0.25, 0.3) is 21.8 Å². The normalized spacial score (nSPS) is 19.3. The maximum absolute atomic E-state index is 14.8. The van der Waals surface area contributed by atoms with Crippen LogP contribution in [0, 0.1) is 5.82 Å². The van der Waals surface area contributed by atoms with Gasteiger partial charge in [0.2, 0.25) is 0 Å². The lowest BCUT2D eigenvalue weighted by Crippen LogP contribution is -2.41. The SMILES string of the molecule is CC1CN(S(=O)(=O)c2ccc(C(=O)N3CCCC3)c(F)c2)c2ccccc2C(=O)N1. The van der Waals surface area contributed by atoms with E-state index in [2.05, 4.69) is 5.32 Å². The maximum atomic E-state index is 14.8. The third-order valence-electron chi connectivity index (χ3n) is 5.39. The smallest absolute Gasteiger partial charge is 0.264 e. The lowest BCUT2D eigenvalue weighted by atomic mass is 10.1. The van der Waals surface area contributed by atoms with Crippen molar-refractivity contribution in [1.82, 2.24) is 10.2 Å². The number of hydrogen-bond donors (Lipinski definition) is 1. The fourth-order valence-electron chi connectivity index (χ4n) is 3.85. The largest absolute Gasteiger partial charge is 0.348 e. The first kappa shape index (κ1) is 20.3. The molecule has 9 heteroatoms. The molecule has 0 spiro atoms. The number of carbonyl (C=O) groups excluding carboxylic acids is 2. The van der Waals surface area contributed by atoms with Gasteiger partial charge in [-0.15, -0.1) is 0 Å². The van der Waals surface area contributed by atoms with E-state index in [1.54, 1.807) is 36.1 Å². The van der Waals surface area contributed by atoms with Crippen LogP contribution in [0.1, 0.15) is 40.5 Å². The first-order valence-corrected chi connectivity index (χ1v) is 11.2. The van der Waals surface area contributed by atoms with Crippen LogP contribution in [0.15, 0.2) is 47.4 Å². The van der Waals surface area contributed by atoms with Gasteiger partial charge in [-0.3, -0.25) is 13.9 Å². The molecule has 0 aliphatic carbocycles. The first-order valence-electron chi connectivity index (χ1n) is 9.80. The Morgan fingerprint density at radius 2 is 1.83 bits per heavy atom. The number of rotatable bonds is 3. The summed E-state index contributed by atoms with van der Waals surface area (Å²) in [6, 6.07) is 9.29. The van der Waals surface area contributed by atoms with E-state index in [4.69, 9.17) is 0 Å². The summed E-state index contributed by atoms with van der Waals surface area (Å²) in [5, 5.41) is 2.75. The highest BCUT2D eigenvalue weighted by Gasteiger charge is 2.33. The fourth-order valence-corrected chi connectivity index (χ4v) is 5.44. The van der Waals surface area contributed by atoms with Crippen molar-refractivity contribution < 1.29 is 22.4 Å². The summed E-state index contributed by atoms with van der Waals surface area (Å²) >= 11 is 0. The van der Waals surface area contributed by atoms with Crippen molar-refractivity contribution in [2.24, 2.45) is 0 Å². The fraction of sp³-hybridized carbons (Fsp3) is 0.333. The van der Waals surface area contributed by atoms with Crippen LogP contribution < -0.4 is 9.62 Å². The zero-order valence-electron chi connectivity index (χ0n) is 16.5. The van der Waals surface area contributed by atoms with Crippen LogP contribution in [0.3, 0.4) is 0 Å². The summed E-state index contributed by atoms with van der Waals surface area (Å²) in [4.78, 5) is 26.2. The summed E-state index contributed by atoms with van der Waals surface area (Å²) in [7, 11) is -4.16. The Morgan fingerprint density at radius 1 is 1.13 bits per heavy atom. The van der Waals surface area contributed by atoms with Crippen molar-refractivity contribution in [3.05, 3.63) is 59.4 Å². The number of nitrogens with one attached hydrogen (secondary N) is 1. The molecule has 30 heavy (non-hydrogen) atoms. The Kier molecular flexibility index (Phi) is 5.23. The van der Waals surface area contributed by atoms with Crippen LogP contribution in [0.5, 0.6) is 0 Å². The lowest BCUT2D eigenvalue weighted by Gasteiger charge is -2.25. The van der Waals surface area contributed by atoms with Crippen molar-refractivity contribution in [2.45, 2.75) is 30.7 Å². The van der Waals surface area contributed by atoms with Crippen LogP contribution in [-0.4, -0.2) is 50.8 Å². The van der Waals surface area contributed by atoms with E-state index in [1.165, 1.54) is 12.1 Å². The summed E-state index contributed by atoms with van der Waals surface area (Å²) in [6.45, 7) is 2.84. The predicted octanol–water partition coefficient (Wildman–Crippen LogP) is 2.39. The number of para-hydroxylation sites is 1. The quantitative estimate of drug-likeness (QED) is 0.809. The third kappa shape index (κ3) is 3.54. The third-order valence-corrected chi connectivity index (χ3v) is 7.16. The first-order chi connectivity index (χ1) is 14.3. The minimum absolute atomic E-state index is 0.00116. The van der Waals surface area contributed by atoms with Crippen molar-refractivity contribution in [3.8, 4) is 0 Å². The van der Waals surface area contributed by atoms with E-state index in [9.17, 15) is 22.4 Å². The molecule has 1 saturated heterocycles. The number of hydrogen-bond acceptors (Lipinski definition) is 4. The Balaban J connectivity index is 1.73. The molecule has 2 amide bonds. The van der Waals surface area contributed by atoms with Gasteiger partial charge in [-0.05, 0) is 50.1 Å². The second-order valence-corrected chi connectivity index (χ2v) is 9.43. The Labute approximate surface area is 174 Å². The Bertz CT molecular complexity index is 1110. The molecule has 0 saturated carbocycles. The van der Waals surface area contributed by atoms with Crippen molar-refractivity contribution in [3.63, 3.8) is 0 Å². The van der Waals surface area contributed by atoms with Gasteiger partial charge >= 0.3 is 0 Å². The van der Waals surface area contributed by atoms with E-state index < -0.39 is 27.8 Å². The van der Waals surface area contributed by atoms with E-state index >= 15 is 0 Å². The van der Waals surface area contributed by atoms with Crippen LogP contribution in [0.25, 0.3) is 0 Å². The van der Waals surface area contributed by atoms with Crippen molar-refractivity contribution in [2.75, 3.05) is 23.9 Å². The molecule has 4 rings (SSSR count). The predicted molar refractivity (Wildman–Crippen MR) is 109 cm³/mol. The Morgan fingerprint density at radius 3 is 2.53 bits per heavy atom. The topological polar surface area (TPSA) is 86.8 Å². The molecule has 7 nitrogen and oxygen atoms in total. The summed E-state index contributed by atoms with van der Waals surface area (Å²) in [6.07, 6.45) is 1.75. The molecule has 2 aromatic rings. The number of fused-ring (bicyclic) bond motifs is 1. The highest BCUT2D eigenvalue weighted by Crippen LogP contribution is 2.30. The number of anilines is 1. The number of carbonyl (C=O) groups is 2. The Hall–Kier alpha value is -2.94. The number of likely N-dealkylation sites (tertiary alicyclic amines) is 1. The van der Waals surface area contributed by atoms with Crippen molar-refractivity contribution in [1.29, 1.82) is 0 Å². The van der Waals surface area contributed by atoms with Gasteiger partial charge in [0.1, 0.15) is 5.82 Å². The van der Waals surface area contributed by atoms with Crippen LogP contribution in [0.2, 0.25) is 0 Å². The van der Waals surface area contributed by atoms with E-state index in [0.29, 0.717) is 13.1 Å².